The zero-order valence-electron chi connectivity index (χ0n) is 10.8. The highest BCUT2D eigenvalue weighted by Crippen LogP contribution is 2.15. The molecule has 7 heteroatoms. The molecule has 21 heavy (non-hydrogen) atoms. The van der Waals surface area contributed by atoms with Crippen molar-refractivity contribution in [1.82, 2.24) is 19.8 Å². The predicted molar refractivity (Wildman–Crippen MR) is 79.5 cm³/mol. The van der Waals surface area contributed by atoms with E-state index in [1.165, 1.54) is 6.21 Å². The highest BCUT2D eigenvalue weighted by Gasteiger charge is 2.07. The number of pyridine rings is 2. The molecule has 0 aliphatic carbocycles. The first-order chi connectivity index (χ1) is 10.3. The molecule has 0 aliphatic rings. The second-order valence-electron chi connectivity index (χ2n) is 4.15. The average Bonchev–Trinajstić information content (AvgIpc) is 2.84. The van der Waals surface area contributed by atoms with Crippen LogP contribution in [0.15, 0.2) is 54.0 Å². The molecule has 0 unspecified atom stereocenters. The Bertz CT molecular complexity index is 813. The van der Waals surface area contributed by atoms with Gasteiger partial charge in [-0.05, 0) is 24.3 Å². The standard InChI is InChI=1S/C14H10ClN5O/c15-13-11(20-8-2-1-3-12(20)18-13)9-17-19-14(21)10-4-6-16-7-5-10/h1-9H,(H,19,21). The highest BCUT2D eigenvalue weighted by molar-refractivity contribution is 6.32. The van der Waals surface area contributed by atoms with Crippen molar-refractivity contribution in [2.24, 2.45) is 5.10 Å². The summed E-state index contributed by atoms with van der Waals surface area (Å²) in [6.45, 7) is 0. The van der Waals surface area contributed by atoms with E-state index < -0.39 is 0 Å². The normalized spacial score (nSPS) is 11.1. The first-order valence-electron chi connectivity index (χ1n) is 6.12. The van der Waals surface area contributed by atoms with Crippen molar-refractivity contribution in [3.8, 4) is 0 Å². The van der Waals surface area contributed by atoms with E-state index in [0.717, 1.165) is 0 Å². The number of hydrogen-bond acceptors (Lipinski definition) is 4. The molecular weight excluding hydrogens is 290 g/mol. The lowest BCUT2D eigenvalue weighted by Crippen LogP contribution is -2.17. The van der Waals surface area contributed by atoms with Crippen LogP contribution >= 0.6 is 11.6 Å². The molecule has 104 valence electrons. The molecule has 0 aliphatic heterocycles. The summed E-state index contributed by atoms with van der Waals surface area (Å²) < 4.78 is 1.78. The maximum Gasteiger partial charge on any atom is 0.271 e. The summed E-state index contributed by atoms with van der Waals surface area (Å²) in [7, 11) is 0. The monoisotopic (exact) mass is 299 g/mol. The molecule has 3 aromatic heterocycles. The molecule has 0 aromatic carbocycles. The molecule has 0 bridgehead atoms. The molecule has 6 nitrogen and oxygen atoms in total. The lowest BCUT2D eigenvalue weighted by atomic mass is 10.3. The van der Waals surface area contributed by atoms with Gasteiger partial charge in [-0.3, -0.25) is 14.2 Å². The highest BCUT2D eigenvalue weighted by atomic mass is 35.5. The van der Waals surface area contributed by atoms with Crippen LogP contribution in [0, 0.1) is 0 Å². The third-order valence-electron chi connectivity index (χ3n) is 2.82. The van der Waals surface area contributed by atoms with Gasteiger partial charge in [0.05, 0.1) is 6.21 Å². The fraction of sp³-hybridized carbons (Fsp3) is 0. The molecule has 0 radical (unpaired) electrons. The number of hydrazone groups is 1. The summed E-state index contributed by atoms with van der Waals surface area (Å²) >= 11 is 6.06. The number of carbonyl (C=O) groups is 1. The van der Waals surface area contributed by atoms with Crippen LogP contribution in [-0.2, 0) is 0 Å². The smallest absolute Gasteiger partial charge is 0.271 e. The van der Waals surface area contributed by atoms with Crippen LogP contribution in [0.25, 0.3) is 5.65 Å². The van der Waals surface area contributed by atoms with Crippen molar-refractivity contribution < 1.29 is 4.79 Å². The maximum atomic E-state index is 11.8. The van der Waals surface area contributed by atoms with Crippen molar-refractivity contribution in [3.05, 3.63) is 65.3 Å². The SMILES string of the molecule is O=C(NN=Cc1c(Cl)nc2ccccn12)c1ccncc1. The van der Waals surface area contributed by atoms with E-state index in [2.05, 4.69) is 20.5 Å². The van der Waals surface area contributed by atoms with Gasteiger partial charge in [0.25, 0.3) is 5.91 Å². The number of fused-ring (bicyclic) bond motifs is 1. The number of rotatable bonds is 3. The van der Waals surface area contributed by atoms with Crippen LogP contribution in [0.4, 0.5) is 0 Å². The van der Waals surface area contributed by atoms with Gasteiger partial charge < -0.3 is 0 Å². The first-order valence-corrected chi connectivity index (χ1v) is 6.49. The van der Waals surface area contributed by atoms with Crippen LogP contribution in [0.1, 0.15) is 16.1 Å². The van der Waals surface area contributed by atoms with E-state index in [-0.39, 0.29) is 5.91 Å². The number of halogens is 1. The van der Waals surface area contributed by atoms with Crippen molar-refractivity contribution in [2.75, 3.05) is 0 Å². The van der Waals surface area contributed by atoms with Gasteiger partial charge in [0, 0.05) is 24.2 Å². The molecule has 0 saturated heterocycles. The van der Waals surface area contributed by atoms with E-state index >= 15 is 0 Å². The van der Waals surface area contributed by atoms with Crippen LogP contribution in [-0.4, -0.2) is 26.5 Å². The number of nitrogens with zero attached hydrogens (tertiary/aromatic N) is 4. The molecule has 3 aromatic rings. The largest absolute Gasteiger partial charge is 0.297 e. The number of carbonyl (C=O) groups excluding carboxylic acids is 1. The summed E-state index contributed by atoms with van der Waals surface area (Å²) in [4.78, 5) is 19.8. The van der Waals surface area contributed by atoms with Crippen molar-refractivity contribution in [3.63, 3.8) is 0 Å². The summed E-state index contributed by atoms with van der Waals surface area (Å²) in [5.74, 6) is -0.321. The summed E-state index contributed by atoms with van der Waals surface area (Å²) in [6, 6.07) is 8.76. The third-order valence-corrected chi connectivity index (χ3v) is 3.10. The second-order valence-corrected chi connectivity index (χ2v) is 4.51. The second kappa shape index (κ2) is 5.72. The van der Waals surface area contributed by atoms with E-state index in [1.807, 2.05) is 24.4 Å². The number of amides is 1. The number of hydrogen-bond donors (Lipinski definition) is 1. The van der Waals surface area contributed by atoms with Gasteiger partial charge in [0.1, 0.15) is 11.3 Å². The van der Waals surface area contributed by atoms with Crippen LogP contribution in [0.3, 0.4) is 0 Å². The summed E-state index contributed by atoms with van der Waals surface area (Å²) in [6.07, 6.45) is 6.36. The zero-order valence-corrected chi connectivity index (χ0v) is 11.5. The summed E-state index contributed by atoms with van der Waals surface area (Å²) in [5, 5.41) is 4.23. The Balaban J connectivity index is 1.79. The molecule has 3 rings (SSSR count). The number of aromatic nitrogens is 3. The summed E-state index contributed by atoms with van der Waals surface area (Å²) in [5.41, 5.74) is 4.22. The molecule has 3 heterocycles. The third kappa shape index (κ3) is 2.75. The molecule has 0 fully saturated rings. The quantitative estimate of drug-likeness (QED) is 0.595. The Hall–Kier alpha value is -2.73. The molecular formula is C14H10ClN5O. The van der Waals surface area contributed by atoms with Crippen LogP contribution < -0.4 is 5.43 Å². The number of nitrogens with one attached hydrogen (secondary N) is 1. The maximum absolute atomic E-state index is 11.8. The minimum Gasteiger partial charge on any atom is -0.297 e. The van der Waals surface area contributed by atoms with Gasteiger partial charge in [-0.1, -0.05) is 17.7 Å². The molecule has 0 atom stereocenters. The van der Waals surface area contributed by atoms with E-state index in [9.17, 15) is 4.79 Å². The lowest BCUT2D eigenvalue weighted by Gasteiger charge is -1.99. The molecule has 1 N–H and O–H groups in total. The Morgan fingerprint density at radius 3 is 2.90 bits per heavy atom. The van der Waals surface area contributed by atoms with Gasteiger partial charge in [-0.2, -0.15) is 5.10 Å². The first kappa shape index (κ1) is 13.3. The van der Waals surface area contributed by atoms with E-state index in [4.69, 9.17) is 11.6 Å². The Morgan fingerprint density at radius 1 is 1.29 bits per heavy atom. The van der Waals surface area contributed by atoms with Crippen LogP contribution in [0.2, 0.25) is 5.15 Å². The van der Waals surface area contributed by atoms with Crippen molar-refractivity contribution >= 4 is 29.4 Å². The topological polar surface area (TPSA) is 71.7 Å². The van der Waals surface area contributed by atoms with Gasteiger partial charge in [0.2, 0.25) is 0 Å². The Morgan fingerprint density at radius 2 is 2.10 bits per heavy atom. The lowest BCUT2D eigenvalue weighted by molar-refractivity contribution is 0.0955. The van der Waals surface area contributed by atoms with E-state index in [1.54, 1.807) is 28.9 Å². The molecule has 0 spiro atoms. The van der Waals surface area contributed by atoms with Gasteiger partial charge in [-0.25, -0.2) is 10.4 Å². The van der Waals surface area contributed by atoms with Crippen molar-refractivity contribution in [1.29, 1.82) is 0 Å². The molecule has 1 amide bonds. The van der Waals surface area contributed by atoms with Crippen LogP contribution in [0.5, 0.6) is 0 Å². The van der Waals surface area contributed by atoms with Crippen molar-refractivity contribution in [2.45, 2.75) is 0 Å². The Kier molecular flexibility index (Phi) is 3.61. The van der Waals surface area contributed by atoms with Gasteiger partial charge in [-0.15, -0.1) is 0 Å². The van der Waals surface area contributed by atoms with E-state index in [0.29, 0.717) is 22.1 Å². The predicted octanol–water partition coefficient (Wildman–Crippen LogP) is 2.15. The van der Waals surface area contributed by atoms with Gasteiger partial charge >= 0.3 is 0 Å². The minimum atomic E-state index is -0.321. The Labute approximate surface area is 125 Å². The zero-order chi connectivity index (χ0) is 14.7. The molecule has 0 saturated carbocycles. The van der Waals surface area contributed by atoms with Gasteiger partial charge in [0.15, 0.2) is 5.15 Å². The average molecular weight is 300 g/mol. The fourth-order valence-electron chi connectivity index (χ4n) is 1.82. The fourth-order valence-corrected chi connectivity index (χ4v) is 2.05. The minimum absolute atomic E-state index is 0.321. The number of imidazole rings is 1.